The van der Waals surface area contributed by atoms with Crippen molar-refractivity contribution >= 4 is 21.6 Å². The Morgan fingerprint density at radius 3 is 2.21 bits per heavy atom. The molecule has 0 fully saturated rings. The van der Waals surface area contributed by atoms with Crippen LogP contribution in [-0.2, 0) is 20.2 Å². The van der Waals surface area contributed by atoms with E-state index in [4.69, 9.17) is 4.74 Å². The lowest BCUT2D eigenvalue weighted by atomic mass is 9.87. The second kappa shape index (κ2) is 8.32. The number of hydrogen-bond acceptors (Lipinski definition) is 4. The first kappa shape index (κ1) is 21.9. The third-order valence-electron chi connectivity index (χ3n) is 4.28. The molecule has 1 N–H and O–H groups in total. The van der Waals surface area contributed by atoms with E-state index in [-0.39, 0.29) is 16.2 Å². The third-order valence-corrected chi connectivity index (χ3v) is 6.09. The van der Waals surface area contributed by atoms with Crippen LogP contribution in [0.2, 0.25) is 0 Å². The summed E-state index contributed by atoms with van der Waals surface area (Å²) in [5.74, 6) is 0.235. The minimum Gasteiger partial charge on any atom is -0.481 e. The molecule has 28 heavy (non-hydrogen) atoms. The quantitative estimate of drug-likeness (QED) is 0.798. The first-order valence-corrected chi connectivity index (χ1v) is 10.5. The molecule has 0 aliphatic rings. The van der Waals surface area contributed by atoms with Gasteiger partial charge < -0.3 is 10.1 Å². The first-order valence-electron chi connectivity index (χ1n) is 9.02. The molecule has 152 valence electrons. The molecule has 1 unspecified atom stereocenters. The molecule has 0 spiro atoms. The Kier molecular flexibility index (Phi) is 6.52. The highest BCUT2D eigenvalue weighted by Gasteiger charge is 2.20. The summed E-state index contributed by atoms with van der Waals surface area (Å²) in [6.07, 6.45) is -0.741. The zero-order valence-corrected chi connectivity index (χ0v) is 18.0. The molecule has 6 nitrogen and oxygen atoms in total. The number of benzene rings is 2. The van der Waals surface area contributed by atoms with E-state index in [0.717, 1.165) is 4.31 Å². The molecule has 1 atom stereocenters. The lowest BCUT2D eigenvalue weighted by Crippen LogP contribution is -2.30. The minimum atomic E-state index is -3.57. The van der Waals surface area contributed by atoms with Gasteiger partial charge in [0.15, 0.2) is 6.10 Å². The molecule has 0 saturated heterocycles. The van der Waals surface area contributed by atoms with E-state index in [1.807, 2.05) is 24.3 Å². The topological polar surface area (TPSA) is 75.7 Å². The number of hydrogen-bond donors (Lipinski definition) is 1. The van der Waals surface area contributed by atoms with Crippen LogP contribution in [0, 0.1) is 0 Å². The van der Waals surface area contributed by atoms with E-state index < -0.39 is 16.1 Å². The monoisotopic (exact) mass is 404 g/mol. The van der Waals surface area contributed by atoms with Gasteiger partial charge >= 0.3 is 0 Å². The number of sulfonamides is 1. The van der Waals surface area contributed by atoms with Crippen molar-refractivity contribution < 1.29 is 17.9 Å². The average Bonchev–Trinajstić information content (AvgIpc) is 2.61. The van der Waals surface area contributed by atoms with Crippen LogP contribution in [0.15, 0.2) is 53.4 Å². The van der Waals surface area contributed by atoms with Crippen LogP contribution in [0.5, 0.6) is 5.75 Å². The molecule has 2 aromatic rings. The molecule has 0 aliphatic heterocycles. The van der Waals surface area contributed by atoms with Gasteiger partial charge in [-0.3, -0.25) is 4.79 Å². The molecule has 0 radical (unpaired) electrons. The Balaban J connectivity index is 2.07. The second-order valence-corrected chi connectivity index (χ2v) is 9.99. The van der Waals surface area contributed by atoms with Gasteiger partial charge in [0.1, 0.15) is 5.75 Å². The van der Waals surface area contributed by atoms with Crippen molar-refractivity contribution in [1.82, 2.24) is 4.31 Å². The highest BCUT2D eigenvalue weighted by atomic mass is 32.2. The molecule has 0 aromatic heterocycles. The van der Waals surface area contributed by atoms with Gasteiger partial charge in [0.05, 0.1) is 4.90 Å². The predicted octanol–water partition coefficient (Wildman–Crippen LogP) is 3.64. The number of carbonyl (C=O) groups is 1. The van der Waals surface area contributed by atoms with Crippen LogP contribution < -0.4 is 10.1 Å². The van der Waals surface area contributed by atoms with Crippen molar-refractivity contribution in [2.45, 2.75) is 44.1 Å². The van der Waals surface area contributed by atoms with E-state index >= 15 is 0 Å². The summed E-state index contributed by atoms with van der Waals surface area (Å²) in [6, 6.07) is 13.8. The van der Waals surface area contributed by atoms with E-state index in [9.17, 15) is 13.2 Å². The number of nitrogens with zero attached hydrogens (tertiary/aromatic N) is 1. The van der Waals surface area contributed by atoms with E-state index in [2.05, 4.69) is 26.1 Å². The Bertz CT molecular complexity index is 930. The highest BCUT2D eigenvalue weighted by Crippen LogP contribution is 2.25. The lowest BCUT2D eigenvalue weighted by molar-refractivity contribution is -0.122. The van der Waals surface area contributed by atoms with Crippen molar-refractivity contribution in [1.29, 1.82) is 0 Å². The van der Waals surface area contributed by atoms with Crippen LogP contribution in [0.25, 0.3) is 0 Å². The third kappa shape index (κ3) is 5.33. The summed E-state index contributed by atoms with van der Waals surface area (Å²) in [4.78, 5) is 12.6. The average molecular weight is 405 g/mol. The number of amides is 1. The zero-order chi connectivity index (χ0) is 21.1. The molecule has 0 saturated carbocycles. The second-order valence-electron chi connectivity index (χ2n) is 7.84. The largest absolute Gasteiger partial charge is 0.481 e. The van der Waals surface area contributed by atoms with Gasteiger partial charge in [0.2, 0.25) is 10.0 Å². The van der Waals surface area contributed by atoms with Crippen molar-refractivity contribution in [2.75, 3.05) is 19.4 Å². The van der Waals surface area contributed by atoms with Gasteiger partial charge in [-0.25, -0.2) is 12.7 Å². The number of carbonyl (C=O) groups excluding carboxylic acids is 1. The summed E-state index contributed by atoms with van der Waals surface area (Å²) >= 11 is 0. The first-order chi connectivity index (χ1) is 12.9. The fourth-order valence-electron chi connectivity index (χ4n) is 2.48. The van der Waals surface area contributed by atoms with Gasteiger partial charge in [-0.15, -0.1) is 0 Å². The molecule has 2 aromatic carbocycles. The SMILES string of the molecule is CC(Oc1ccc(C(C)(C)C)cc1)C(=O)Nc1cccc(S(=O)(=O)N(C)C)c1. The van der Waals surface area contributed by atoms with Crippen molar-refractivity contribution in [2.24, 2.45) is 0 Å². The Morgan fingerprint density at radius 1 is 1.07 bits per heavy atom. The summed E-state index contributed by atoms with van der Waals surface area (Å²) in [5, 5.41) is 2.70. The number of anilines is 1. The fraction of sp³-hybridized carbons (Fsp3) is 0.381. The van der Waals surface area contributed by atoms with Crippen molar-refractivity contribution in [3.8, 4) is 5.75 Å². The van der Waals surface area contributed by atoms with Crippen LogP contribution in [0.1, 0.15) is 33.3 Å². The van der Waals surface area contributed by atoms with Crippen LogP contribution in [0.4, 0.5) is 5.69 Å². The Labute approximate surface area is 167 Å². The maximum atomic E-state index is 12.4. The molecule has 2 rings (SSSR count). The Morgan fingerprint density at radius 2 is 1.68 bits per heavy atom. The molecule has 1 amide bonds. The van der Waals surface area contributed by atoms with E-state index in [0.29, 0.717) is 11.4 Å². The summed E-state index contributed by atoms with van der Waals surface area (Å²) in [7, 11) is -0.650. The zero-order valence-electron chi connectivity index (χ0n) is 17.2. The maximum absolute atomic E-state index is 12.4. The molecule has 0 bridgehead atoms. The van der Waals surface area contributed by atoms with Crippen LogP contribution in [0.3, 0.4) is 0 Å². The summed E-state index contributed by atoms with van der Waals surface area (Å²) < 4.78 is 31.3. The standard InChI is InChI=1S/C21H28N2O4S/c1-15(27-18-12-10-16(11-13-18)21(2,3)4)20(24)22-17-8-7-9-19(14-17)28(25,26)23(5)6/h7-15H,1-6H3,(H,22,24). The van der Waals surface area contributed by atoms with Gasteiger partial charge in [-0.05, 0) is 48.2 Å². The Hall–Kier alpha value is -2.38. The van der Waals surface area contributed by atoms with Crippen LogP contribution in [-0.4, -0.2) is 38.8 Å². The number of nitrogens with one attached hydrogen (secondary N) is 1. The number of rotatable bonds is 6. The van der Waals surface area contributed by atoms with Crippen LogP contribution >= 0.6 is 0 Å². The molecule has 0 aliphatic carbocycles. The number of ether oxygens (including phenoxy) is 1. The van der Waals surface area contributed by atoms with Gasteiger partial charge in [-0.2, -0.15) is 0 Å². The molecule has 0 heterocycles. The molecule has 7 heteroatoms. The fourth-order valence-corrected chi connectivity index (χ4v) is 3.43. The lowest BCUT2D eigenvalue weighted by Gasteiger charge is -2.20. The molecular formula is C21H28N2O4S. The van der Waals surface area contributed by atoms with Gasteiger partial charge in [0, 0.05) is 19.8 Å². The smallest absolute Gasteiger partial charge is 0.265 e. The highest BCUT2D eigenvalue weighted by molar-refractivity contribution is 7.89. The molecular weight excluding hydrogens is 376 g/mol. The van der Waals surface area contributed by atoms with E-state index in [1.165, 1.54) is 31.8 Å². The summed E-state index contributed by atoms with van der Waals surface area (Å²) in [5.41, 5.74) is 1.61. The van der Waals surface area contributed by atoms with Crippen molar-refractivity contribution in [3.05, 3.63) is 54.1 Å². The minimum absolute atomic E-state index is 0.0411. The van der Waals surface area contributed by atoms with Crippen molar-refractivity contribution in [3.63, 3.8) is 0 Å². The van der Waals surface area contributed by atoms with E-state index in [1.54, 1.807) is 19.1 Å². The van der Waals surface area contributed by atoms with Gasteiger partial charge in [-0.1, -0.05) is 39.0 Å². The predicted molar refractivity (Wildman–Crippen MR) is 111 cm³/mol. The van der Waals surface area contributed by atoms with Gasteiger partial charge in [0.25, 0.3) is 5.91 Å². The normalized spacial score (nSPS) is 13.2. The summed E-state index contributed by atoms with van der Waals surface area (Å²) in [6.45, 7) is 8.03. The maximum Gasteiger partial charge on any atom is 0.265 e.